The van der Waals surface area contributed by atoms with Crippen LogP contribution in [-0.4, -0.2) is 72.7 Å². The quantitative estimate of drug-likeness (QED) is 0.669. The maximum Gasteiger partial charge on any atom is 0.237 e. The number of nitrogens with one attached hydrogen (secondary N) is 1. The lowest BCUT2D eigenvalue weighted by atomic mass is 10.1. The Kier molecular flexibility index (Phi) is 7.23. The number of hydrogen-bond acceptors (Lipinski definition) is 4. The highest BCUT2D eigenvalue weighted by Crippen LogP contribution is 2.09. The molecule has 5 heteroatoms. The topological polar surface area (TPSA) is 55.8 Å². The number of carbonyl (C=O) groups excluding carboxylic acids is 1. The van der Waals surface area contributed by atoms with E-state index in [-0.39, 0.29) is 18.6 Å². The maximum absolute atomic E-state index is 12.3. The first kappa shape index (κ1) is 15.4. The number of hydrogen-bond donors (Lipinski definition) is 2. The highest BCUT2D eigenvalue weighted by molar-refractivity contribution is 5.78. The zero-order chi connectivity index (χ0) is 13.4. The summed E-state index contributed by atoms with van der Waals surface area (Å²) in [4.78, 5) is 16.3. The summed E-state index contributed by atoms with van der Waals surface area (Å²) in [5.74, 6) is 0.152. The van der Waals surface area contributed by atoms with Gasteiger partial charge in [0, 0.05) is 38.8 Å². The van der Waals surface area contributed by atoms with Gasteiger partial charge in [-0.1, -0.05) is 13.8 Å². The summed E-state index contributed by atoms with van der Waals surface area (Å²) in [6.45, 7) is 8.95. The van der Waals surface area contributed by atoms with Gasteiger partial charge in [0.1, 0.15) is 0 Å². The fourth-order valence-electron chi connectivity index (χ4n) is 2.50. The summed E-state index contributed by atoms with van der Waals surface area (Å²) in [7, 11) is 0. The minimum absolute atomic E-state index is 0.0454. The number of amides is 1. The van der Waals surface area contributed by atoms with Gasteiger partial charge in [-0.2, -0.15) is 0 Å². The molecular weight excluding hydrogens is 230 g/mol. The van der Waals surface area contributed by atoms with Crippen LogP contribution in [0.4, 0.5) is 0 Å². The van der Waals surface area contributed by atoms with Crippen molar-refractivity contribution in [3.8, 4) is 0 Å². The molecule has 5 nitrogen and oxygen atoms in total. The third-order valence-corrected chi connectivity index (χ3v) is 3.61. The minimum atomic E-state index is 0.0454. The maximum atomic E-state index is 12.3. The van der Waals surface area contributed by atoms with Crippen molar-refractivity contribution in [3.63, 3.8) is 0 Å². The van der Waals surface area contributed by atoms with E-state index in [0.29, 0.717) is 13.1 Å². The summed E-state index contributed by atoms with van der Waals surface area (Å²) in [6, 6.07) is 0.257. The van der Waals surface area contributed by atoms with Gasteiger partial charge in [0.25, 0.3) is 0 Å². The monoisotopic (exact) mass is 257 g/mol. The highest BCUT2D eigenvalue weighted by Gasteiger charge is 2.23. The molecule has 0 aromatic carbocycles. The van der Waals surface area contributed by atoms with Crippen LogP contribution < -0.4 is 5.32 Å². The van der Waals surface area contributed by atoms with Crippen LogP contribution in [0.15, 0.2) is 0 Å². The van der Waals surface area contributed by atoms with Gasteiger partial charge >= 0.3 is 0 Å². The summed E-state index contributed by atoms with van der Waals surface area (Å²) in [5, 5.41) is 12.4. The van der Waals surface area contributed by atoms with E-state index in [2.05, 4.69) is 24.1 Å². The molecule has 1 aliphatic rings. The third-order valence-electron chi connectivity index (χ3n) is 3.61. The molecule has 1 heterocycles. The average molecular weight is 257 g/mol. The Morgan fingerprint density at radius 2 is 1.94 bits per heavy atom. The molecule has 0 radical (unpaired) electrons. The van der Waals surface area contributed by atoms with E-state index in [1.165, 1.54) is 0 Å². The Labute approximate surface area is 110 Å². The fourth-order valence-corrected chi connectivity index (χ4v) is 2.50. The molecule has 0 atom stereocenters. The second-order valence-electron chi connectivity index (χ2n) is 4.81. The van der Waals surface area contributed by atoms with Crippen molar-refractivity contribution in [2.24, 2.45) is 0 Å². The van der Waals surface area contributed by atoms with E-state index in [1.807, 2.05) is 4.90 Å². The Morgan fingerprint density at radius 3 is 2.44 bits per heavy atom. The highest BCUT2D eigenvalue weighted by atomic mass is 16.3. The van der Waals surface area contributed by atoms with E-state index >= 15 is 0 Å². The van der Waals surface area contributed by atoms with Crippen LogP contribution >= 0.6 is 0 Å². The van der Waals surface area contributed by atoms with Crippen LogP contribution in [0.25, 0.3) is 0 Å². The molecule has 1 rings (SSSR count). The van der Waals surface area contributed by atoms with Crippen LogP contribution in [0.5, 0.6) is 0 Å². The van der Waals surface area contributed by atoms with Crippen LogP contribution in [0.3, 0.4) is 0 Å². The molecule has 1 amide bonds. The lowest BCUT2D eigenvalue weighted by Gasteiger charge is -2.33. The van der Waals surface area contributed by atoms with Crippen molar-refractivity contribution in [3.05, 3.63) is 0 Å². The van der Waals surface area contributed by atoms with Gasteiger partial charge in [0.2, 0.25) is 5.91 Å². The number of rotatable bonds is 7. The van der Waals surface area contributed by atoms with Crippen molar-refractivity contribution in [1.29, 1.82) is 0 Å². The van der Waals surface area contributed by atoms with Crippen molar-refractivity contribution >= 4 is 5.91 Å². The first-order valence-corrected chi connectivity index (χ1v) is 7.06. The molecule has 0 unspecified atom stereocenters. The van der Waals surface area contributed by atoms with Crippen molar-refractivity contribution in [2.75, 3.05) is 45.9 Å². The summed E-state index contributed by atoms with van der Waals surface area (Å²) < 4.78 is 0. The lowest BCUT2D eigenvalue weighted by molar-refractivity contribution is -0.135. The number of nitrogens with zero attached hydrogens (tertiary/aromatic N) is 2. The van der Waals surface area contributed by atoms with Gasteiger partial charge in [-0.25, -0.2) is 0 Å². The van der Waals surface area contributed by atoms with Crippen molar-refractivity contribution in [1.82, 2.24) is 15.1 Å². The van der Waals surface area contributed by atoms with E-state index in [1.54, 1.807) is 0 Å². The summed E-state index contributed by atoms with van der Waals surface area (Å²) in [6.07, 6.45) is 1.90. The molecule has 1 saturated heterocycles. The molecule has 106 valence electrons. The predicted molar refractivity (Wildman–Crippen MR) is 72.5 cm³/mol. The third kappa shape index (κ3) is 4.55. The standard InChI is InChI=1S/C13H27N3O2/c1-3-12(4-2)16(9-10-17)13(18)11-15-7-5-14-6-8-15/h12,14,17H,3-11H2,1-2H3. The van der Waals surface area contributed by atoms with E-state index in [0.717, 1.165) is 39.0 Å². The van der Waals surface area contributed by atoms with E-state index < -0.39 is 0 Å². The van der Waals surface area contributed by atoms with Crippen LogP contribution in [0.1, 0.15) is 26.7 Å². The van der Waals surface area contributed by atoms with Crippen molar-refractivity contribution < 1.29 is 9.90 Å². The second-order valence-corrected chi connectivity index (χ2v) is 4.81. The van der Waals surface area contributed by atoms with Gasteiger partial charge in [-0.05, 0) is 12.8 Å². The molecule has 2 N–H and O–H groups in total. The minimum Gasteiger partial charge on any atom is -0.395 e. The Bertz CT molecular complexity index is 238. The van der Waals surface area contributed by atoms with Crippen molar-refractivity contribution in [2.45, 2.75) is 32.7 Å². The van der Waals surface area contributed by atoms with Crippen LogP contribution in [-0.2, 0) is 4.79 Å². The first-order chi connectivity index (χ1) is 8.72. The van der Waals surface area contributed by atoms with Gasteiger partial charge in [0.15, 0.2) is 0 Å². The largest absolute Gasteiger partial charge is 0.395 e. The van der Waals surface area contributed by atoms with Gasteiger partial charge in [0.05, 0.1) is 13.2 Å². The summed E-state index contributed by atoms with van der Waals surface area (Å²) >= 11 is 0. The molecule has 0 aliphatic carbocycles. The molecule has 1 fully saturated rings. The number of carbonyl (C=O) groups is 1. The van der Waals surface area contributed by atoms with E-state index in [9.17, 15) is 4.79 Å². The SMILES string of the molecule is CCC(CC)N(CCO)C(=O)CN1CCNCC1. The Morgan fingerprint density at radius 1 is 1.33 bits per heavy atom. The molecule has 0 aromatic rings. The van der Waals surface area contributed by atoms with Gasteiger partial charge < -0.3 is 15.3 Å². The number of aliphatic hydroxyl groups is 1. The molecule has 0 bridgehead atoms. The molecule has 0 aromatic heterocycles. The smallest absolute Gasteiger partial charge is 0.237 e. The van der Waals surface area contributed by atoms with E-state index in [4.69, 9.17) is 5.11 Å². The molecular formula is C13H27N3O2. The van der Waals surface area contributed by atoms with Crippen LogP contribution in [0.2, 0.25) is 0 Å². The number of piperazine rings is 1. The normalized spacial score (nSPS) is 17.1. The van der Waals surface area contributed by atoms with Gasteiger partial charge in [-0.15, -0.1) is 0 Å². The molecule has 0 saturated carbocycles. The molecule has 0 spiro atoms. The fraction of sp³-hybridized carbons (Fsp3) is 0.923. The molecule has 1 aliphatic heterocycles. The predicted octanol–water partition coefficient (Wildman–Crippen LogP) is -0.0989. The zero-order valence-electron chi connectivity index (χ0n) is 11.7. The Hall–Kier alpha value is -0.650. The number of aliphatic hydroxyl groups excluding tert-OH is 1. The van der Waals surface area contributed by atoms with Crippen LogP contribution in [0, 0.1) is 0 Å². The average Bonchev–Trinajstić information content (AvgIpc) is 2.40. The molecule has 18 heavy (non-hydrogen) atoms. The first-order valence-electron chi connectivity index (χ1n) is 7.06. The van der Waals surface area contributed by atoms with Gasteiger partial charge in [-0.3, -0.25) is 9.69 Å². The zero-order valence-corrected chi connectivity index (χ0v) is 11.7. The Balaban J connectivity index is 2.52. The lowest BCUT2D eigenvalue weighted by Crippen LogP contribution is -2.50. The second kappa shape index (κ2) is 8.45. The summed E-state index contributed by atoms with van der Waals surface area (Å²) in [5.41, 5.74) is 0.